The fourth-order valence-corrected chi connectivity index (χ4v) is 1.15. The molecule has 1 rings (SSSR count). The Morgan fingerprint density at radius 2 is 1.71 bits per heavy atom. The second-order valence-electron chi connectivity index (χ2n) is 3.20. The largest absolute Gasteiger partial charge is 0.547 e. The van der Waals surface area contributed by atoms with Gasteiger partial charge in [-0.05, 0) is 24.3 Å². The van der Waals surface area contributed by atoms with Crippen molar-refractivity contribution in [1.29, 1.82) is 0 Å². The summed E-state index contributed by atoms with van der Waals surface area (Å²) in [4.78, 5) is 21.5. The molecular formula is C10H9ClNO5-. The molecule has 0 aliphatic heterocycles. The highest BCUT2D eigenvalue weighted by molar-refractivity contribution is 6.30. The maximum absolute atomic E-state index is 11.3. The number of halogens is 1. The molecule has 0 bridgehead atoms. The van der Waals surface area contributed by atoms with Crippen molar-refractivity contribution in [2.75, 3.05) is 5.32 Å². The number of carboxylic acids is 1. The number of rotatable bonds is 4. The number of amides is 1. The third kappa shape index (κ3) is 3.70. The topological polar surface area (TPSA) is 110 Å². The zero-order valence-electron chi connectivity index (χ0n) is 8.46. The average Bonchev–Trinajstić information content (AvgIpc) is 2.30. The van der Waals surface area contributed by atoms with E-state index in [9.17, 15) is 14.7 Å². The standard InChI is InChI=1S/C10H10ClNO5/c11-5-1-3-6(4-2-5)12-9(15)7(13)8(14)10(16)17/h1-4,7-8,13-14H,(H,12,15)(H,16,17)/p-1/t7-,8-/m1/s1. The van der Waals surface area contributed by atoms with Gasteiger partial charge in [-0.1, -0.05) is 11.6 Å². The molecule has 6 nitrogen and oxygen atoms in total. The van der Waals surface area contributed by atoms with Gasteiger partial charge in [0.1, 0.15) is 6.10 Å². The second-order valence-corrected chi connectivity index (χ2v) is 3.64. The molecular weight excluding hydrogens is 250 g/mol. The summed E-state index contributed by atoms with van der Waals surface area (Å²) in [5.41, 5.74) is 0.309. The first-order valence-corrected chi connectivity index (χ1v) is 4.93. The molecule has 92 valence electrons. The second kappa shape index (κ2) is 5.62. The Bertz CT molecular complexity index is 419. The number of benzene rings is 1. The van der Waals surface area contributed by atoms with Crippen LogP contribution in [0.15, 0.2) is 24.3 Å². The molecule has 0 saturated carbocycles. The smallest absolute Gasteiger partial charge is 0.256 e. The first-order chi connectivity index (χ1) is 7.91. The third-order valence-corrected chi connectivity index (χ3v) is 2.17. The normalized spacial score (nSPS) is 13.8. The zero-order valence-corrected chi connectivity index (χ0v) is 9.22. The molecule has 3 N–H and O–H groups in total. The van der Waals surface area contributed by atoms with E-state index in [-0.39, 0.29) is 0 Å². The Morgan fingerprint density at radius 1 is 1.18 bits per heavy atom. The third-order valence-electron chi connectivity index (χ3n) is 1.92. The summed E-state index contributed by atoms with van der Waals surface area (Å²) in [7, 11) is 0. The highest BCUT2D eigenvalue weighted by atomic mass is 35.5. The van der Waals surface area contributed by atoms with Crippen LogP contribution in [0.3, 0.4) is 0 Å². The minimum atomic E-state index is -2.28. The van der Waals surface area contributed by atoms with E-state index in [1.54, 1.807) is 0 Å². The molecule has 0 aliphatic rings. The highest BCUT2D eigenvalue weighted by Gasteiger charge is 2.25. The van der Waals surface area contributed by atoms with Crippen LogP contribution in [0.25, 0.3) is 0 Å². The van der Waals surface area contributed by atoms with Gasteiger partial charge in [0, 0.05) is 10.7 Å². The van der Waals surface area contributed by atoms with Crippen LogP contribution in [0, 0.1) is 0 Å². The van der Waals surface area contributed by atoms with Crippen LogP contribution in [-0.4, -0.2) is 34.3 Å². The number of carbonyl (C=O) groups excluding carboxylic acids is 2. The molecule has 0 aromatic heterocycles. The summed E-state index contributed by atoms with van der Waals surface area (Å²) in [6.45, 7) is 0. The van der Waals surface area contributed by atoms with Crippen LogP contribution in [-0.2, 0) is 9.59 Å². The van der Waals surface area contributed by atoms with Gasteiger partial charge in [0.2, 0.25) is 0 Å². The van der Waals surface area contributed by atoms with E-state index in [2.05, 4.69) is 5.32 Å². The van der Waals surface area contributed by atoms with Crippen molar-refractivity contribution in [3.05, 3.63) is 29.3 Å². The van der Waals surface area contributed by atoms with Crippen molar-refractivity contribution in [3.63, 3.8) is 0 Å². The molecule has 2 atom stereocenters. The molecule has 0 spiro atoms. The number of hydrogen-bond acceptors (Lipinski definition) is 5. The molecule has 0 radical (unpaired) electrons. The SMILES string of the molecule is O=C([O-])[C@H](O)[C@@H](O)C(=O)Nc1ccc(Cl)cc1. The maximum atomic E-state index is 11.3. The van der Waals surface area contributed by atoms with Crippen LogP contribution < -0.4 is 10.4 Å². The van der Waals surface area contributed by atoms with Crippen molar-refractivity contribution in [2.24, 2.45) is 0 Å². The van der Waals surface area contributed by atoms with E-state index in [0.29, 0.717) is 10.7 Å². The fourth-order valence-electron chi connectivity index (χ4n) is 1.02. The molecule has 1 aromatic carbocycles. The monoisotopic (exact) mass is 258 g/mol. The van der Waals surface area contributed by atoms with E-state index in [1.807, 2.05) is 0 Å². The Kier molecular flexibility index (Phi) is 4.45. The summed E-state index contributed by atoms with van der Waals surface area (Å²) in [5, 5.41) is 30.9. The molecule has 0 heterocycles. The van der Waals surface area contributed by atoms with Gasteiger partial charge in [-0.15, -0.1) is 0 Å². The number of carboxylic acid groups (broad SMARTS) is 1. The molecule has 1 amide bonds. The lowest BCUT2D eigenvalue weighted by atomic mass is 10.2. The highest BCUT2D eigenvalue weighted by Crippen LogP contribution is 2.13. The zero-order chi connectivity index (χ0) is 13.0. The summed E-state index contributed by atoms with van der Waals surface area (Å²) in [6.07, 6.45) is -4.38. The predicted molar refractivity (Wildman–Crippen MR) is 57.1 cm³/mol. The van der Waals surface area contributed by atoms with Gasteiger partial charge < -0.3 is 25.4 Å². The number of aliphatic carboxylic acids is 1. The first kappa shape index (κ1) is 13.4. The van der Waals surface area contributed by atoms with Gasteiger partial charge in [0.05, 0.1) is 5.97 Å². The summed E-state index contributed by atoms with van der Waals surface area (Å²) in [6, 6.07) is 5.91. The van der Waals surface area contributed by atoms with E-state index in [0.717, 1.165) is 0 Å². The number of anilines is 1. The lowest BCUT2D eigenvalue weighted by Gasteiger charge is -2.17. The van der Waals surface area contributed by atoms with Gasteiger partial charge in [0.25, 0.3) is 5.91 Å². The van der Waals surface area contributed by atoms with Crippen LogP contribution in [0.1, 0.15) is 0 Å². The van der Waals surface area contributed by atoms with Gasteiger partial charge in [-0.25, -0.2) is 0 Å². The van der Waals surface area contributed by atoms with Crippen LogP contribution >= 0.6 is 11.6 Å². The van der Waals surface area contributed by atoms with E-state index >= 15 is 0 Å². The Balaban J connectivity index is 2.66. The van der Waals surface area contributed by atoms with Crippen LogP contribution in [0.4, 0.5) is 5.69 Å². The Labute approximate surface area is 101 Å². The van der Waals surface area contributed by atoms with Crippen molar-refractivity contribution in [3.8, 4) is 0 Å². The van der Waals surface area contributed by atoms with Crippen LogP contribution in [0.2, 0.25) is 5.02 Å². The summed E-state index contributed by atoms with van der Waals surface area (Å²) in [5.74, 6) is -2.98. The van der Waals surface area contributed by atoms with Gasteiger partial charge in [-0.3, -0.25) is 4.79 Å². The fraction of sp³-hybridized carbons (Fsp3) is 0.200. The van der Waals surface area contributed by atoms with Crippen LogP contribution in [0.5, 0.6) is 0 Å². The number of carbonyl (C=O) groups is 2. The summed E-state index contributed by atoms with van der Waals surface area (Å²) < 4.78 is 0. The molecule has 1 aromatic rings. The number of hydrogen-bond donors (Lipinski definition) is 3. The first-order valence-electron chi connectivity index (χ1n) is 4.55. The quantitative estimate of drug-likeness (QED) is 0.625. The van der Waals surface area contributed by atoms with Crippen molar-refractivity contribution in [2.45, 2.75) is 12.2 Å². The van der Waals surface area contributed by atoms with Gasteiger partial charge >= 0.3 is 0 Å². The van der Waals surface area contributed by atoms with E-state index < -0.39 is 24.1 Å². The van der Waals surface area contributed by atoms with Crippen molar-refractivity contribution >= 4 is 29.2 Å². The lowest BCUT2D eigenvalue weighted by Crippen LogP contribution is -2.48. The molecule has 17 heavy (non-hydrogen) atoms. The minimum Gasteiger partial charge on any atom is -0.547 e. The molecule has 0 saturated heterocycles. The number of nitrogens with one attached hydrogen (secondary N) is 1. The minimum absolute atomic E-state index is 0.309. The van der Waals surface area contributed by atoms with E-state index in [4.69, 9.17) is 21.8 Å². The van der Waals surface area contributed by atoms with Crippen molar-refractivity contribution < 1.29 is 24.9 Å². The summed E-state index contributed by atoms with van der Waals surface area (Å²) >= 11 is 5.61. The predicted octanol–water partition coefficient (Wildman–Crippen LogP) is -1.25. The maximum Gasteiger partial charge on any atom is 0.256 e. The average molecular weight is 259 g/mol. The molecule has 7 heteroatoms. The number of aliphatic hydroxyl groups is 2. The van der Waals surface area contributed by atoms with Gasteiger partial charge in [-0.2, -0.15) is 0 Å². The Morgan fingerprint density at radius 3 is 2.18 bits per heavy atom. The Hall–Kier alpha value is -1.63. The lowest BCUT2D eigenvalue weighted by molar-refractivity contribution is -0.317. The van der Waals surface area contributed by atoms with Gasteiger partial charge in [0.15, 0.2) is 6.10 Å². The molecule has 0 aliphatic carbocycles. The van der Waals surface area contributed by atoms with Crippen molar-refractivity contribution in [1.82, 2.24) is 0 Å². The molecule has 0 unspecified atom stereocenters. The van der Waals surface area contributed by atoms with E-state index in [1.165, 1.54) is 24.3 Å². The number of aliphatic hydroxyl groups excluding tert-OH is 2. The molecule has 0 fully saturated rings.